The van der Waals surface area contributed by atoms with Crippen molar-refractivity contribution in [1.29, 1.82) is 0 Å². The second-order valence-electron chi connectivity index (χ2n) is 8.51. The third-order valence-electron chi connectivity index (χ3n) is 5.91. The Labute approximate surface area is 222 Å². The predicted molar refractivity (Wildman–Crippen MR) is 146 cm³/mol. The number of rotatable bonds is 7. The van der Waals surface area contributed by atoms with Crippen LogP contribution in [0.4, 0.5) is 17.1 Å². The summed E-state index contributed by atoms with van der Waals surface area (Å²) in [4.78, 5) is 11.4. The standard InChI is InChI=1S/C26H19N3O8S2/c30-17-5-1-3-15(11-17)28-38(34,35)19-8-10-22-23(13-19)25(27-33)21-9-7-20(14-24(21)26(22)32)39(36,37)29-16-4-2-6-18(31)12-16/h1-14,28-32H. The van der Waals surface area contributed by atoms with Gasteiger partial charge >= 0.3 is 0 Å². The van der Waals surface area contributed by atoms with Crippen LogP contribution in [-0.2, 0) is 20.0 Å². The number of nitroso groups, excluding NO2 is 1. The van der Waals surface area contributed by atoms with E-state index in [9.17, 15) is 37.1 Å². The van der Waals surface area contributed by atoms with Gasteiger partial charge in [0, 0.05) is 33.7 Å². The predicted octanol–water partition coefficient (Wildman–Crippen LogP) is 5.11. The number of nitrogens with zero attached hydrogens (tertiary/aromatic N) is 1. The van der Waals surface area contributed by atoms with Gasteiger partial charge in [-0.2, -0.15) is 0 Å². The fourth-order valence-corrected chi connectivity index (χ4v) is 6.29. The van der Waals surface area contributed by atoms with Gasteiger partial charge in [0.1, 0.15) is 22.9 Å². The van der Waals surface area contributed by atoms with Crippen LogP contribution < -0.4 is 9.44 Å². The Hall–Kier alpha value is -4.88. The summed E-state index contributed by atoms with van der Waals surface area (Å²) in [5.74, 6) is -0.666. The molecule has 11 nitrogen and oxygen atoms in total. The molecule has 5 aromatic carbocycles. The van der Waals surface area contributed by atoms with E-state index in [0.29, 0.717) is 0 Å². The number of benzene rings is 5. The lowest BCUT2D eigenvalue weighted by atomic mass is 10.00. The molecule has 0 saturated heterocycles. The fourth-order valence-electron chi connectivity index (χ4n) is 4.14. The summed E-state index contributed by atoms with van der Waals surface area (Å²) >= 11 is 0. The van der Waals surface area contributed by atoms with Crippen molar-refractivity contribution in [2.75, 3.05) is 9.44 Å². The molecule has 5 aromatic rings. The molecule has 0 spiro atoms. The summed E-state index contributed by atoms with van der Waals surface area (Å²) < 4.78 is 56.5. The fraction of sp³-hybridized carbons (Fsp3) is 0. The minimum atomic E-state index is -4.16. The number of phenols is 3. The molecule has 5 N–H and O–H groups in total. The minimum absolute atomic E-state index is 0.00405. The summed E-state index contributed by atoms with van der Waals surface area (Å²) in [5.41, 5.74) is 0.0245. The van der Waals surface area contributed by atoms with E-state index in [1.165, 1.54) is 78.9 Å². The Morgan fingerprint density at radius 2 is 1.05 bits per heavy atom. The van der Waals surface area contributed by atoms with Crippen LogP contribution in [0.25, 0.3) is 21.5 Å². The van der Waals surface area contributed by atoms with Gasteiger partial charge in [0.15, 0.2) is 0 Å². The molecular weight excluding hydrogens is 546 g/mol. The molecule has 0 amide bonds. The zero-order chi connectivity index (χ0) is 27.9. The average Bonchev–Trinajstić information content (AvgIpc) is 2.88. The molecule has 198 valence electrons. The van der Waals surface area contributed by atoms with E-state index in [1.807, 2.05) is 0 Å². The first kappa shape index (κ1) is 25.8. The highest BCUT2D eigenvalue weighted by atomic mass is 32.2. The van der Waals surface area contributed by atoms with Gasteiger partial charge in [-0.15, -0.1) is 4.91 Å². The quantitative estimate of drug-likeness (QED) is 0.133. The average molecular weight is 566 g/mol. The van der Waals surface area contributed by atoms with Crippen molar-refractivity contribution in [3.63, 3.8) is 0 Å². The molecule has 0 bridgehead atoms. The highest BCUT2D eigenvalue weighted by molar-refractivity contribution is 7.93. The molecule has 0 heterocycles. The van der Waals surface area contributed by atoms with Crippen LogP contribution in [0.3, 0.4) is 0 Å². The van der Waals surface area contributed by atoms with E-state index in [-0.39, 0.29) is 65.6 Å². The molecule has 0 aliphatic heterocycles. The van der Waals surface area contributed by atoms with E-state index >= 15 is 0 Å². The van der Waals surface area contributed by atoms with Crippen LogP contribution in [0.2, 0.25) is 0 Å². The maximum atomic E-state index is 13.0. The van der Waals surface area contributed by atoms with Gasteiger partial charge in [0.05, 0.1) is 21.2 Å². The van der Waals surface area contributed by atoms with Gasteiger partial charge in [0.2, 0.25) is 0 Å². The van der Waals surface area contributed by atoms with Crippen LogP contribution in [0.15, 0.2) is 99.9 Å². The molecule has 0 unspecified atom stereocenters. The first-order valence-electron chi connectivity index (χ1n) is 11.2. The number of aromatic hydroxyl groups is 3. The second kappa shape index (κ2) is 9.45. The van der Waals surface area contributed by atoms with Crippen LogP contribution in [0, 0.1) is 4.91 Å². The molecule has 0 aliphatic carbocycles. The van der Waals surface area contributed by atoms with Crippen LogP contribution in [-0.4, -0.2) is 32.2 Å². The number of anilines is 2. The zero-order valence-electron chi connectivity index (χ0n) is 19.7. The Kier molecular flexibility index (Phi) is 6.24. The highest BCUT2D eigenvalue weighted by Gasteiger charge is 2.22. The molecule has 0 aromatic heterocycles. The number of phenolic OH excluding ortho intramolecular Hbond substituents is 3. The van der Waals surface area contributed by atoms with Crippen molar-refractivity contribution in [2.45, 2.75) is 9.79 Å². The van der Waals surface area contributed by atoms with Crippen molar-refractivity contribution >= 4 is 58.7 Å². The smallest absolute Gasteiger partial charge is 0.261 e. The third-order valence-corrected chi connectivity index (χ3v) is 8.67. The van der Waals surface area contributed by atoms with Crippen LogP contribution >= 0.6 is 0 Å². The number of sulfonamides is 2. The molecule has 0 aliphatic rings. The van der Waals surface area contributed by atoms with Crippen molar-refractivity contribution in [1.82, 2.24) is 0 Å². The maximum absolute atomic E-state index is 13.0. The van der Waals surface area contributed by atoms with Gasteiger partial charge in [-0.05, 0) is 59.8 Å². The SMILES string of the molecule is O=Nc1c2ccc(S(=O)(=O)Nc3cccc(O)c3)cc2c(O)c2ccc(S(=O)(=O)Nc3cccc(O)c3)cc12. The molecule has 0 fully saturated rings. The summed E-state index contributed by atoms with van der Waals surface area (Å²) in [5, 5.41) is 33.5. The molecule has 13 heteroatoms. The number of nitrogens with one attached hydrogen (secondary N) is 2. The van der Waals surface area contributed by atoms with E-state index in [0.717, 1.165) is 6.07 Å². The lowest BCUT2D eigenvalue weighted by Gasteiger charge is -2.14. The Morgan fingerprint density at radius 1 is 0.564 bits per heavy atom. The Balaban J connectivity index is 1.61. The Morgan fingerprint density at radius 3 is 1.54 bits per heavy atom. The van der Waals surface area contributed by atoms with Gasteiger partial charge in [-0.1, -0.05) is 18.2 Å². The third kappa shape index (κ3) is 4.87. The van der Waals surface area contributed by atoms with Crippen LogP contribution in [0.1, 0.15) is 0 Å². The van der Waals surface area contributed by atoms with Crippen LogP contribution in [0.5, 0.6) is 17.2 Å². The topological polar surface area (TPSA) is 182 Å². The summed E-state index contributed by atoms with van der Waals surface area (Å²) in [6, 6.07) is 18.3. The second-order valence-corrected chi connectivity index (χ2v) is 11.9. The summed E-state index contributed by atoms with van der Waals surface area (Å²) in [7, 11) is -8.32. The van der Waals surface area contributed by atoms with E-state index in [2.05, 4.69) is 14.6 Å². The first-order valence-corrected chi connectivity index (χ1v) is 14.1. The molecular formula is C26H19N3O8S2. The van der Waals surface area contributed by atoms with Gasteiger partial charge in [-0.25, -0.2) is 16.8 Å². The maximum Gasteiger partial charge on any atom is 0.261 e. The van der Waals surface area contributed by atoms with E-state index in [1.54, 1.807) is 0 Å². The van der Waals surface area contributed by atoms with Crippen molar-refractivity contribution in [2.24, 2.45) is 5.18 Å². The van der Waals surface area contributed by atoms with Gasteiger partial charge < -0.3 is 15.3 Å². The number of hydrogen-bond acceptors (Lipinski definition) is 9. The van der Waals surface area contributed by atoms with Crippen molar-refractivity contribution in [3.05, 3.63) is 89.8 Å². The molecule has 39 heavy (non-hydrogen) atoms. The molecule has 0 radical (unpaired) electrons. The summed E-state index contributed by atoms with van der Waals surface area (Å²) in [6.45, 7) is 0. The zero-order valence-corrected chi connectivity index (χ0v) is 21.4. The normalized spacial score (nSPS) is 11.9. The van der Waals surface area contributed by atoms with E-state index in [4.69, 9.17) is 0 Å². The lowest BCUT2D eigenvalue weighted by molar-refractivity contribution is 0.475. The van der Waals surface area contributed by atoms with E-state index < -0.39 is 20.0 Å². The Bertz CT molecular complexity index is 2010. The minimum Gasteiger partial charge on any atom is -0.508 e. The molecule has 0 saturated carbocycles. The van der Waals surface area contributed by atoms with Crippen molar-refractivity contribution < 1.29 is 32.2 Å². The lowest BCUT2D eigenvalue weighted by Crippen LogP contribution is -2.13. The van der Waals surface area contributed by atoms with Gasteiger partial charge in [0.25, 0.3) is 20.0 Å². The number of fused-ring (bicyclic) bond motifs is 2. The highest BCUT2D eigenvalue weighted by Crippen LogP contribution is 2.43. The first-order chi connectivity index (χ1) is 18.5. The summed E-state index contributed by atoms with van der Waals surface area (Å²) in [6.07, 6.45) is 0. The number of hydrogen-bond donors (Lipinski definition) is 5. The largest absolute Gasteiger partial charge is 0.508 e. The van der Waals surface area contributed by atoms with Crippen molar-refractivity contribution in [3.8, 4) is 17.2 Å². The molecule has 0 atom stereocenters. The van der Waals surface area contributed by atoms with Gasteiger partial charge in [-0.3, -0.25) is 9.44 Å². The monoisotopic (exact) mass is 565 g/mol. The molecule has 5 rings (SSSR count).